The molecule has 0 aromatic heterocycles. The number of hydrogen-bond donors (Lipinski definition) is 2. The van der Waals surface area contributed by atoms with E-state index in [1.807, 2.05) is 7.05 Å². The van der Waals surface area contributed by atoms with E-state index in [1.165, 1.54) is 35.6 Å². The monoisotopic (exact) mass is 480 g/mol. The number of carbonyl (C=O) groups is 1. The smallest absolute Gasteiger partial charge is 0.243 e. The molecule has 1 fully saturated rings. The first-order valence-corrected chi connectivity index (χ1v) is 13.2. The first-order chi connectivity index (χ1) is 15.1. The van der Waals surface area contributed by atoms with Crippen LogP contribution in [0.2, 0.25) is 0 Å². The number of amides is 1. The van der Waals surface area contributed by atoms with Gasteiger partial charge in [-0.3, -0.25) is 4.79 Å². The van der Waals surface area contributed by atoms with Crippen molar-refractivity contribution in [3.05, 3.63) is 54.1 Å². The van der Waals surface area contributed by atoms with Gasteiger partial charge in [0, 0.05) is 38.3 Å². The average molecular weight is 481 g/mol. The molecule has 2 aromatic carbocycles. The Labute approximate surface area is 189 Å². The minimum absolute atomic E-state index is 0.166. The molecule has 1 heterocycles. The summed E-state index contributed by atoms with van der Waals surface area (Å²) in [5, 5.41) is 2.76. The van der Waals surface area contributed by atoms with Gasteiger partial charge in [0.2, 0.25) is 26.0 Å². The average Bonchev–Trinajstić information content (AvgIpc) is 2.78. The van der Waals surface area contributed by atoms with Gasteiger partial charge in [-0.2, -0.15) is 4.31 Å². The van der Waals surface area contributed by atoms with Crippen LogP contribution in [0, 0.1) is 0 Å². The molecule has 0 unspecified atom stereocenters. The van der Waals surface area contributed by atoms with E-state index in [4.69, 9.17) is 0 Å². The highest BCUT2D eigenvalue weighted by atomic mass is 32.2. The van der Waals surface area contributed by atoms with E-state index >= 15 is 0 Å². The van der Waals surface area contributed by atoms with Gasteiger partial charge < -0.3 is 10.2 Å². The van der Waals surface area contributed by atoms with Gasteiger partial charge in [-0.15, -0.1) is 0 Å². The Balaban J connectivity index is 1.54. The molecule has 3 rings (SSSR count). The number of sulfonamides is 2. The Kier molecular flexibility index (Phi) is 7.67. The van der Waals surface area contributed by atoms with Gasteiger partial charge in [-0.1, -0.05) is 12.1 Å². The zero-order valence-electron chi connectivity index (χ0n) is 18.1. The molecule has 0 bridgehead atoms. The molecular formula is C21H28N4O5S2. The van der Waals surface area contributed by atoms with Crippen molar-refractivity contribution in [3.8, 4) is 0 Å². The van der Waals surface area contributed by atoms with E-state index in [-0.39, 0.29) is 22.1 Å². The molecule has 11 heteroatoms. The van der Waals surface area contributed by atoms with Crippen LogP contribution >= 0.6 is 0 Å². The van der Waals surface area contributed by atoms with Crippen LogP contribution in [0.3, 0.4) is 0 Å². The molecule has 1 amide bonds. The Hall–Kier alpha value is -2.31. The van der Waals surface area contributed by atoms with Gasteiger partial charge in [0.05, 0.1) is 9.79 Å². The molecule has 1 aliphatic rings. The number of nitrogens with one attached hydrogen (secondary N) is 2. The van der Waals surface area contributed by atoms with E-state index in [0.29, 0.717) is 38.3 Å². The van der Waals surface area contributed by atoms with Crippen molar-refractivity contribution in [2.75, 3.05) is 45.6 Å². The van der Waals surface area contributed by atoms with E-state index in [1.54, 1.807) is 24.3 Å². The largest absolute Gasteiger partial charge is 0.326 e. The third kappa shape index (κ3) is 5.93. The normalized spacial score (nSPS) is 16.1. The molecule has 9 nitrogen and oxygen atoms in total. The van der Waals surface area contributed by atoms with Gasteiger partial charge in [-0.25, -0.2) is 21.6 Å². The maximum absolute atomic E-state index is 12.8. The molecule has 1 saturated heterocycles. The molecular weight excluding hydrogens is 452 g/mol. The second-order valence-corrected chi connectivity index (χ2v) is 11.5. The number of anilines is 1. The van der Waals surface area contributed by atoms with Gasteiger partial charge in [0.15, 0.2) is 0 Å². The lowest BCUT2D eigenvalue weighted by Gasteiger charge is -2.31. The molecule has 0 atom stereocenters. The van der Waals surface area contributed by atoms with E-state index in [0.717, 1.165) is 5.56 Å². The molecule has 1 aliphatic heterocycles. The lowest BCUT2D eigenvalue weighted by molar-refractivity contribution is -0.116. The number of likely N-dealkylation sites (N-methyl/N-ethyl adjacent to an activating group) is 1. The number of aryl methyl sites for hydroxylation is 1. The maximum atomic E-state index is 12.8. The van der Waals surface area contributed by atoms with Crippen LogP contribution in [-0.4, -0.2) is 72.2 Å². The minimum atomic E-state index is -3.55. The number of rotatable bonds is 8. The highest BCUT2D eigenvalue weighted by Crippen LogP contribution is 2.20. The molecule has 2 N–H and O–H groups in total. The molecule has 0 saturated carbocycles. The van der Waals surface area contributed by atoms with Crippen molar-refractivity contribution in [3.63, 3.8) is 0 Å². The van der Waals surface area contributed by atoms with Crippen LogP contribution in [0.1, 0.15) is 12.0 Å². The highest BCUT2D eigenvalue weighted by Gasteiger charge is 2.27. The van der Waals surface area contributed by atoms with Gasteiger partial charge in [0.25, 0.3) is 0 Å². The quantitative estimate of drug-likeness (QED) is 0.585. The summed E-state index contributed by atoms with van der Waals surface area (Å²) in [6.45, 7) is 2.31. The standard InChI is InChI=1S/C21H28N4O5S2/c1-22-31(27,28)19-8-3-17(4-9-19)5-12-21(26)23-18-6-10-20(11-7-18)32(29,30)25-15-13-24(2)14-16-25/h3-4,6-11,22H,5,12-16H2,1-2H3,(H,23,26). The molecule has 2 aromatic rings. The lowest BCUT2D eigenvalue weighted by atomic mass is 10.1. The number of hydrogen-bond acceptors (Lipinski definition) is 6. The predicted molar refractivity (Wildman–Crippen MR) is 122 cm³/mol. The van der Waals surface area contributed by atoms with Crippen molar-refractivity contribution < 1.29 is 21.6 Å². The van der Waals surface area contributed by atoms with Crippen LogP contribution in [0.25, 0.3) is 0 Å². The molecule has 0 spiro atoms. The second-order valence-electron chi connectivity index (χ2n) is 7.63. The van der Waals surface area contributed by atoms with Crippen LogP contribution in [0.5, 0.6) is 0 Å². The molecule has 174 valence electrons. The molecule has 32 heavy (non-hydrogen) atoms. The van der Waals surface area contributed by atoms with Crippen molar-refractivity contribution in [1.29, 1.82) is 0 Å². The first-order valence-electron chi connectivity index (χ1n) is 10.2. The topological polar surface area (TPSA) is 116 Å². The lowest BCUT2D eigenvalue weighted by Crippen LogP contribution is -2.46. The Morgan fingerprint density at radius 3 is 2.00 bits per heavy atom. The SMILES string of the molecule is CNS(=O)(=O)c1ccc(CCC(=O)Nc2ccc(S(=O)(=O)N3CCN(C)CC3)cc2)cc1. The van der Waals surface area contributed by atoms with Crippen LogP contribution < -0.4 is 10.0 Å². The van der Waals surface area contributed by atoms with Crippen molar-refractivity contribution in [2.24, 2.45) is 0 Å². The molecule has 0 aliphatic carbocycles. The summed E-state index contributed by atoms with van der Waals surface area (Å²) < 4.78 is 52.8. The summed E-state index contributed by atoms with van der Waals surface area (Å²) in [4.78, 5) is 14.7. The third-order valence-electron chi connectivity index (χ3n) is 5.38. The fourth-order valence-electron chi connectivity index (χ4n) is 3.32. The summed E-state index contributed by atoms with van der Waals surface area (Å²) in [5.74, 6) is -0.216. The van der Waals surface area contributed by atoms with Gasteiger partial charge in [-0.05, 0) is 62.5 Å². The zero-order valence-corrected chi connectivity index (χ0v) is 19.7. The summed E-state index contributed by atoms with van der Waals surface area (Å²) >= 11 is 0. The van der Waals surface area contributed by atoms with Crippen molar-refractivity contribution in [2.45, 2.75) is 22.6 Å². The van der Waals surface area contributed by atoms with E-state index < -0.39 is 20.0 Å². The first kappa shape index (κ1) is 24.3. The fraction of sp³-hybridized carbons (Fsp3) is 0.381. The Morgan fingerprint density at radius 1 is 0.875 bits per heavy atom. The number of benzene rings is 2. The van der Waals surface area contributed by atoms with Gasteiger partial charge in [0.1, 0.15) is 0 Å². The number of carbonyl (C=O) groups excluding carboxylic acids is 1. The Morgan fingerprint density at radius 2 is 1.44 bits per heavy atom. The highest BCUT2D eigenvalue weighted by molar-refractivity contribution is 7.89. The molecule has 0 radical (unpaired) electrons. The van der Waals surface area contributed by atoms with Gasteiger partial charge >= 0.3 is 0 Å². The minimum Gasteiger partial charge on any atom is -0.326 e. The fourth-order valence-corrected chi connectivity index (χ4v) is 5.47. The Bertz CT molecular complexity index is 1140. The summed E-state index contributed by atoms with van der Waals surface area (Å²) in [5.41, 5.74) is 1.35. The second kappa shape index (κ2) is 10.1. The predicted octanol–water partition coefficient (Wildman–Crippen LogP) is 1.10. The maximum Gasteiger partial charge on any atom is 0.243 e. The van der Waals surface area contributed by atoms with E-state index in [9.17, 15) is 21.6 Å². The number of piperazine rings is 1. The summed E-state index contributed by atoms with van der Waals surface area (Å²) in [6, 6.07) is 12.5. The summed E-state index contributed by atoms with van der Waals surface area (Å²) in [7, 11) is -3.72. The van der Waals surface area contributed by atoms with E-state index in [2.05, 4.69) is 14.9 Å². The zero-order chi connectivity index (χ0) is 23.4. The van der Waals surface area contributed by atoms with Crippen LogP contribution in [0.15, 0.2) is 58.3 Å². The third-order valence-corrected chi connectivity index (χ3v) is 8.72. The number of nitrogens with zero attached hydrogens (tertiary/aromatic N) is 2. The van der Waals surface area contributed by atoms with Crippen molar-refractivity contribution in [1.82, 2.24) is 13.9 Å². The van der Waals surface area contributed by atoms with Crippen molar-refractivity contribution >= 4 is 31.6 Å². The van der Waals surface area contributed by atoms with Crippen LogP contribution in [-0.2, 0) is 31.3 Å². The summed E-state index contributed by atoms with van der Waals surface area (Å²) in [6.07, 6.45) is 0.654. The van der Waals surface area contributed by atoms with Crippen LogP contribution in [0.4, 0.5) is 5.69 Å².